The van der Waals surface area contributed by atoms with Gasteiger partial charge in [0.05, 0.1) is 0 Å². The molecular weight excluding hydrogens is 294 g/mol. The third kappa shape index (κ3) is 6.99. The second-order valence-electron chi connectivity index (χ2n) is 4.42. The lowest BCUT2D eigenvalue weighted by Gasteiger charge is -2.14. The third-order valence-electron chi connectivity index (χ3n) is 2.65. The zero-order chi connectivity index (χ0) is 17.3. The van der Waals surface area contributed by atoms with E-state index in [1.165, 1.54) is 24.3 Å². The van der Waals surface area contributed by atoms with E-state index in [0.717, 1.165) is 0 Å². The molecule has 0 saturated carbocycles. The summed E-state index contributed by atoms with van der Waals surface area (Å²) in [5, 5.41) is 35.1. The van der Waals surface area contributed by atoms with Gasteiger partial charge in [0.1, 0.15) is 23.9 Å². The van der Waals surface area contributed by atoms with Crippen LogP contribution in [-0.4, -0.2) is 51.0 Å². The number of hydrogen-bond donors (Lipinski definition) is 7. The van der Waals surface area contributed by atoms with Crippen LogP contribution in [0.4, 0.5) is 0 Å². The number of aliphatic carboxylic acids is 2. The predicted molar refractivity (Wildman–Crippen MR) is 78.0 cm³/mol. The van der Waals surface area contributed by atoms with Gasteiger partial charge in [-0.05, 0) is 30.7 Å². The fourth-order valence-electron chi connectivity index (χ4n) is 1.32. The van der Waals surface area contributed by atoms with Crippen molar-refractivity contribution in [3.05, 3.63) is 29.8 Å². The Morgan fingerprint density at radius 3 is 1.86 bits per heavy atom. The number of nitrogens with two attached hydrogens (primary N) is 3. The smallest absolute Gasteiger partial charge is 0.323 e. The Balaban J connectivity index is 0.000000472. The molecule has 0 spiro atoms. The Bertz CT molecular complexity index is 479. The van der Waals surface area contributed by atoms with E-state index in [4.69, 9.17) is 32.5 Å². The van der Waals surface area contributed by atoms with E-state index in [0.29, 0.717) is 18.5 Å². The summed E-state index contributed by atoms with van der Waals surface area (Å²) in [6.45, 7) is 0.327. The molecule has 124 valence electrons. The first kappa shape index (κ1) is 19.8. The first-order valence-electron chi connectivity index (χ1n) is 6.34. The van der Waals surface area contributed by atoms with E-state index in [1.54, 1.807) is 0 Å². The average Bonchev–Trinajstić information content (AvgIpc) is 2.47. The van der Waals surface area contributed by atoms with Crippen LogP contribution in [0, 0.1) is 0 Å². The van der Waals surface area contributed by atoms with Crippen LogP contribution in [0.1, 0.15) is 18.1 Å². The summed E-state index contributed by atoms with van der Waals surface area (Å²) in [4.78, 5) is 20.4. The lowest BCUT2D eigenvalue weighted by atomic mass is 10.0. The fraction of sp³-hybridized carbons (Fsp3) is 0.385. The first-order chi connectivity index (χ1) is 10.2. The lowest BCUT2D eigenvalue weighted by molar-refractivity contribution is -0.141. The number of rotatable bonds is 6. The van der Waals surface area contributed by atoms with Gasteiger partial charge >= 0.3 is 11.9 Å². The van der Waals surface area contributed by atoms with Gasteiger partial charge in [-0.1, -0.05) is 12.1 Å². The Morgan fingerprint density at radius 2 is 1.55 bits per heavy atom. The highest BCUT2D eigenvalue weighted by Crippen LogP contribution is 2.18. The van der Waals surface area contributed by atoms with E-state index in [-0.39, 0.29) is 5.75 Å². The zero-order valence-corrected chi connectivity index (χ0v) is 11.8. The Morgan fingerprint density at radius 1 is 1.05 bits per heavy atom. The maximum atomic E-state index is 10.4. The minimum absolute atomic E-state index is 0.0462. The molecule has 10 N–H and O–H groups in total. The quantitative estimate of drug-likeness (QED) is 0.330. The number of phenolic OH excluding ortho intramolecular Hbond substituents is 1. The second-order valence-corrected chi connectivity index (χ2v) is 4.42. The van der Waals surface area contributed by atoms with Crippen LogP contribution < -0.4 is 17.2 Å². The highest BCUT2D eigenvalue weighted by Gasteiger charge is 2.23. The van der Waals surface area contributed by atoms with Crippen molar-refractivity contribution in [2.45, 2.75) is 24.6 Å². The molecule has 9 nitrogen and oxygen atoms in total. The van der Waals surface area contributed by atoms with Crippen molar-refractivity contribution >= 4 is 11.9 Å². The molecule has 9 heteroatoms. The molecule has 0 bridgehead atoms. The number of aliphatic hydroxyl groups is 1. The van der Waals surface area contributed by atoms with Crippen LogP contribution >= 0.6 is 0 Å². The molecule has 3 atom stereocenters. The maximum absolute atomic E-state index is 10.4. The number of phenols is 1. The summed E-state index contributed by atoms with van der Waals surface area (Å²) in [6.07, 6.45) is -0.928. The van der Waals surface area contributed by atoms with E-state index >= 15 is 0 Å². The number of hydrogen-bond acceptors (Lipinski definition) is 7. The van der Waals surface area contributed by atoms with Crippen LogP contribution in [0.25, 0.3) is 0 Å². The van der Waals surface area contributed by atoms with Gasteiger partial charge in [-0.2, -0.15) is 0 Å². The van der Waals surface area contributed by atoms with Crippen molar-refractivity contribution in [2.24, 2.45) is 17.2 Å². The first-order valence-corrected chi connectivity index (χ1v) is 6.34. The van der Waals surface area contributed by atoms with E-state index in [1.807, 2.05) is 0 Å². The number of aromatic hydroxyl groups is 1. The molecule has 0 heterocycles. The normalized spacial score (nSPS) is 14.2. The predicted octanol–water partition coefficient (Wildman–Crippen LogP) is -1.42. The van der Waals surface area contributed by atoms with Crippen LogP contribution in [0.3, 0.4) is 0 Å². The van der Waals surface area contributed by atoms with E-state index < -0.39 is 30.1 Å². The molecule has 0 saturated heterocycles. The van der Waals surface area contributed by atoms with E-state index in [9.17, 15) is 14.7 Å². The summed E-state index contributed by atoms with van der Waals surface area (Å²) < 4.78 is 0. The summed E-state index contributed by atoms with van der Waals surface area (Å²) in [5.74, 6) is -2.22. The highest BCUT2D eigenvalue weighted by molar-refractivity contribution is 5.74. The fourth-order valence-corrected chi connectivity index (χ4v) is 1.32. The average molecular weight is 315 g/mol. The van der Waals surface area contributed by atoms with Crippen LogP contribution in [0.5, 0.6) is 5.75 Å². The Hall–Kier alpha value is -2.20. The standard InChI is InChI=1S/C9H11NO4.C4H10N2O2/c10-7(9(13)14)8(12)5-1-3-6(11)4-2-5;5-2-1-3(6)4(7)8/h1-4,7-8,11-12H,10H2,(H,13,14);3H,1-2,5-6H2,(H,7,8). The largest absolute Gasteiger partial charge is 0.508 e. The molecular formula is C13H21N3O6. The van der Waals surface area contributed by atoms with Crippen LogP contribution in [0.2, 0.25) is 0 Å². The molecule has 0 fully saturated rings. The van der Waals surface area contributed by atoms with Crippen molar-refractivity contribution in [2.75, 3.05) is 6.54 Å². The van der Waals surface area contributed by atoms with E-state index in [2.05, 4.69) is 0 Å². The van der Waals surface area contributed by atoms with Crippen molar-refractivity contribution < 1.29 is 30.0 Å². The minimum atomic E-state index is -1.36. The summed E-state index contributed by atoms with van der Waals surface area (Å²) >= 11 is 0. The molecule has 1 rings (SSSR count). The Labute approximate surface area is 127 Å². The molecule has 0 radical (unpaired) electrons. The maximum Gasteiger partial charge on any atom is 0.323 e. The van der Waals surface area contributed by atoms with Gasteiger partial charge in [0.2, 0.25) is 0 Å². The second kappa shape index (κ2) is 9.68. The number of aliphatic hydroxyl groups excluding tert-OH is 1. The molecule has 0 amide bonds. The number of carboxylic acid groups (broad SMARTS) is 2. The molecule has 1 aromatic carbocycles. The van der Waals surface area contributed by atoms with Crippen molar-refractivity contribution in [1.82, 2.24) is 0 Å². The lowest BCUT2D eigenvalue weighted by Crippen LogP contribution is -2.36. The monoisotopic (exact) mass is 315 g/mol. The molecule has 0 aromatic heterocycles. The van der Waals surface area contributed by atoms with Crippen LogP contribution in [-0.2, 0) is 9.59 Å². The Kier molecular flexibility index (Phi) is 8.72. The third-order valence-corrected chi connectivity index (χ3v) is 2.65. The van der Waals surface area contributed by atoms with Crippen molar-refractivity contribution in [3.63, 3.8) is 0 Å². The van der Waals surface area contributed by atoms with Gasteiger partial charge in [-0.3, -0.25) is 9.59 Å². The number of benzene rings is 1. The minimum Gasteiger partial charge on any atom is -0.508 e. The van der Waals surface area contributed by atoms with Gasteiger partial charge in [-0.25, -0.2) is 0 Å². The van der Waals surface area contributed by atoms with Gasteiger partial charge in [0.25, 0.3) is 0 Å². The zero-order valence-electron chi connectivity index (χ0n) is 11.8. The SMILES string of the molecule is NC(C(=O)O)C(O)c1ccc(O)cc1.NCCC(N)C(=O)O. The number of carboxylic acids is 2. The van der Waals surface area contributed by atoms with Gasteiger partial charge in [0.15, 0.2) is 0 Å². The molecule has 0 aliphatic carbocycles. The van der Waals surface area contributed by atoms with Crippen molar-refractivity contribution in [1.29, 1.82) is 0 Å². The topological polar surface area (TPSA) is 193 Å². The molecule has 3 unspecified atom stereocenters. The molecule has 0 aliphatic heterocycles. The van der Waals surface area contributed by atoms with Gasteiger partial charge < -0.3 is 37.6 Å². The van der Waals surface area contributed by atoms with Gasteiger partial charge in [-0.15, -0.1) is 0 Å². The van der Waals surface area contributed by atoms with Gasteiger partial charge in [0, 0.05) is 0 Å². The molecule has 1 aromatic rings. The van der Waals surface area contributed by atoms with Crippen LogP contribution in [0.15, 0.2) is 24.3 Å². The summed E-state index contributed by atoms with van der Waals surface area (Å²) in [5.41, 5.74) is 15.6. The summed E-state index contributed by atoms with van der Waals surface area (Å²) in [7, 11) is 0. The van der Waals surface area contributed by atoms with Crippen molar-refractivity contribution in [3.8, 4) is 5.75 Å². The summed E-state index contributed by atoms with van der Waals surface area (Å²) in [6, 6.07) is 3.39. The number of carbonyl (C=O) groups is 2. The molecule has 22 heavy (non-hydrogen) atoms. The highest BCUT2D eigenvalue weighted by atomic mass is 16.4. The molecule has 0 aliphatic rings.